The van der Waals surface area contributed by atoms with E-state index in [1.165, 1.54) is 25.9 Å². The molecule has 11 heavy (non-hydrogen) atoms. The van der Waals surface area contributed by atoms with Crippen molar-refractivity contribution in [1.82, 2.24) is 10.2 Å². The lowest BCUT2D eigenvalue weighted by atomic mass is 9.79. The Morgan fingerprint density at radius 2 is 1.91 bits per heavy atom. The minimum absolute atomic E-state index is 0.762. The van der Waals surface area contributed by atoms with Crippen LogP contribution in [-0.4, -0.2) is 37.1 Å². The van der Waals surface area contributed by atoms with Crippen LogP contribution in [0, 0.1) is 5.92 Å². The van der Waals surface area contributed by atoms with E-state index in [1.54, 1.807) is 0 Å². The van der Waals surface area contributed by atoms with Crippen molar-refractivity contribution in [2.75, 3.05) is 20.1 Å². The van der Waals surface area contributed by atoms with Gasteiger partial charge in [0.05, 0.1) is 0 Å². The Morgan fingerprint density at radius 1 is 1.27 bits per heavy atom. The predicted octanol–water partition coefficient (Wildman–Crippen LogP) is 0.689. The third kappa shape index (κ3) is 1.09. The van der Waals surface area contributed by atoms with Crippen molar-refractivity contribution in [2.45, 2.75) is 31.8 Å². The van der Waals surface area contributed by atoms with Gasteiger partial charge in [0.1, 0.15) is 0 Å². The lowest BCUT2D eigenvalue weighted by Crippen LogP contribution is -2.60. The quantitative estimate of drug-likeness (QED) is 0.598. The normalized spacial score (nSPS) is 49.6. The molecular weight excluding hydrogens is 136 g/mol. The van der Waals surface area contributed by atoms with Gasteiger partial charge in [-0.05, 0) is 45.8 Å². The summed E-state index contributed by atoms with van der Waals surface area (Å²) in [4.78, 5) is 2.61. The molecule has 3 rings (SSSR count). The first-order valence-electron chi connectivity index (χ1n) is 4.74. The van der Waals surface area contributed by atoms with Crippen LogP contribution in [0.1, 0.15) is 19.8 Å². The second kappa shape index (κ2) is 2.76. The number of hydrogen-bond acceptors (Lipinski definition) is 2. The topological polar surface area (TPSA) is 15.3 Å². The van der Waals surface area contributed by atoms with Crippen molar-refractivity contribution in [3.63, 3.8) is 0 Å². The fourth-order valence-corrected chi connectivity index (χ4v) is 2.78. The monoisotopic (exact) mass is 154 g/mol. The second-order valence-electron chi connectivity index (χ2n) is 3.93. The van der Waals surface area contributed by atoms with Crippen molar-refractivity contribution < 1.29 is 0 Å². The summed E-state index contributed by atoms with van der Waals surface area (Å²) in [5.41, 5.74) is 0. The van der Waals surface area contributed by atoms with E-state index < -0.39 is 0 Å². The molecule has 3 aliphatic heterocycles. The molecule has 0 aromatic rings. The molecule has 2 heteroatoms. The number of piperidine rings is 3. The van der Waals surface area contributed by atoms with E-state index >= 15 is 0 Å². The van der Waals surface area contributed by atoms with Crippen LogP contribution in [-0.2, 0) is 0 Å². The zero-order valence-corrected chi connectivity index (χ0v) is 7.51. The van der Waals surface area contributed by atoms with Gasteiger partial charge in [0.2, 0.25) is 0 Å². The van der Waals surface area contributed by atoms with E-state index in [-0.39, 0.29) is 0 Å². The SMILES string of the molecule is CNC1C2CCN(CC2)C1C. The third-order valence-electron chi connectivity index (χ3n) is 3.51. The number of nitrogens with zero attached hydrogens (tertiary/aromatic N) is 1. The summed E-state index contributed by atoms with van der Waals surface area (Å²) in [6.07, 6.45) is 2.83. The minimum Gasteiger partial charge on any atom is -0.315 e. The van der Waals surface area contributed by atoms with Gasteiger partial charge in [0, 0.05) is 12.1 Å². The van der Waals surface area contributed by atoms with Crippen LogP contribution >= 0.6 is 0 Å². The van der Waals surface area contributed by atoms with Crippen molar-refractivity contribution in [3.8, 4) is 0 Å². The Labute approximate surface area is 69.0 Å². The lowest BCUT2D eigenvalue weighted by molar-refractivity contribution is 0.0254. The molecule has 3 fully saturated rings. The summed E-state index contributed by atoms with van der Waals surface area (Å²) in [5, 5.41) is 3.44. The van der Waals surface area contributed by atoms with Gasteiger partial charge in [-0.3, -0.25) is 4.90 Å². The molecule has 0 amide bonds. The average Bonchev–Trinajstić information content (AvgIpc) is 2.06. The van der Waals surface area contributed by atoms with Gasteiger partial charge in [-0.25, -0.2) is 0 Å². The Bertz CT molecular complexity index is 136. The highest BCUT2D eigenvalue weighted by atomic mass is 15.2. The van der Waals surface area contributed by atoms with Crippen LogP contribution in [0.5, 0.6) is 0 Å². The van der Waals surface area contributed by atoms with Gasteiger partial charge in [-0.15, -0.1) is 0 Å². The van der Waals surface area contributed by atoms with E-state index in [1.807, 2.05) is 0 Å². The fourth-order valence-electron chi connectivity index (χ4n) is 2.78. The van der Waals surface area contributed by atoms with E-state index in [0.717, 1.165) is 18.0 Å². The van der Waals surface area contributed by atoms with Crippen molar-refractivity contribution in [3.05, 3.63) is 0 Å². The molecule has 2 atom stereocenters. The number of likely N-dealkylation sites (N-methyl/N-ethyl adjacent to an activating group) is 1. The number of rotatable bonds is 1. The Morgan fingerprint density at radius 3 is 2.27 bits per heavy atom. The molecule has 0 saturated carbocycles. The largest absolute Gasteiger partial charge is 0.315 e. The number of fused-ring (bicyclic) bond motifs is 3. The molecule has 3 saturated heterocycles. The fraction of sp³-hybridized carbons (Fsp3) is 1.00. The summed E-state index contributed by atoms with van der Waals surface area (Å²) in [7, 11) is 2.10. The van der Waals surface area contributed by atoms with Crippen molar-refractivity contribution >= 4 is 0 Å². The van der Waals surface area contributed by atoms with Crippen LogP contribution in [0.3, 0.4) is 0 Å². The average molecular weight is 154 g/mol. The molecule has 0 aliphatic carbocycles. The molecule has 0 radical (unpaired) electrons. The number of nitrogens with one attached hydrogen (secondary N) is 1. The number of hydrogen-bond donors (Lipinski definition) is 1. The van der Waals surface area contributed by atoms with Gasteiger partial charge in [-0.2, -0.15) is 0 Å². The first kappa shape index (κ1) is 7.56. The van der Waals surface area contributed by atoms with Crippen molar-refractivity contribution in [2.24, 2.45) is 5.92 Å². The maximum atomic E-state index is 3.44. The third-order valence-corrected chi connectivity index (χ3v) is 3.51. The standard InChI is InChI=1S/C9H18N2/c1-7-9(10-2)8-3-5-11(7)6-4-8/h7-10H,3-6H2,1-2H3. The predicted molar refractivity (Wildman–Crippen MR) is 46.6 cm³/mol. The van der Waals surface area contributed by atoms with Crippen molar-refractivity contribution in [1.29, 1.82) is 0 Å². The molecule has 0 aromatic carbocycles. The van der Waals surface area contributed by atoms with E-state index in [9.17, 15) is 0 Å². The summed E-state index contributed by atoms with van der Waals surface area (Å²) >= 11 is 0. The molecule has 1 N–H and O–H groups in total. The van der Waals surface area contributed by atoms with Gasteiger partial charge in [0.15, 0.2) is 0 Å². The smallest absolute Gasteiger partial charge is 0.0246 e. The maximum Gasteiger partial charge on any atom is 0.0246 e. The lowest BCUT2D eigenvalue weighted by Gasteiger charge is -2.49. The summed E-state index contributed by atoms with van der Waals surface area (Å²) in [5.74, 6) is 0.958. The van der Waals surface area contributed by atoms with Gasteiger partial charge >= 0.3 is 0 Å². The Balaban J connectivity index is 2.10. The molecule has 0 aromatic heterocycles. The summed E-state index contributed by atoms with van der Waals surface area (Å²) < 4.78 is 0. The summed E-state index contributed by atoms with van der Waals surface area (Å²) in [6, 6.07) is 1.53. The van der Waals surface area contributed by atoms with Crippen LogP contribution < -0.4 is 5.32 Å². The highest BCUT2D eigenvalue weighted by Gasteiger charge is 2.38. The highest BCUT2D eigenvalue weighted by molar-refractivity contribution is 4.95. The summed E-state index contributed by atoms with van der Waals surface area (Å²) in [6.45, 7) is 5.03. The first-order valence-corrected chi connectivity index (χ1v) is 4.74. The van der Waals surface area contributed by atoms with Gasteiger partial charge < -0.3 is 5.32 Å². The zero-order chi connectivity index (χ0) is 7.84. The minimum atomic E-state index is 0.762. The molecule has 64 valence electrons. The maximum absolute atomic E-state index is 3.44. The first-order chi connectivity index (χ1) is 5.33. The molecular formula is C9H18N2. The molecule has 3 heterocycles. The second-order valence-corrected chi connectivity index (χ2v) is 3.93. The zero-order valence-electron chi connectivity index (χ0n) is 7.51. The molecule has 2 bridgehead atoms. The van der Waals surface area contributed by atoms with E-state index in [4.69, 9.17) is 0 Å². The highest BCUT2D eigenvalue weighted by Crippen LogP contribution is 2.31. The molecule has 2 nitrogen and oxygen atoms in total. The van der Waals surface area contributed by atoms with Crippen LogP contribution in [0.4, 0.5) is 0 Å². The molecule has 0 spiro atoms. The van der Waals surface area contributed by atoms with E-state index in [0.29, 0.717) is 0 Å². The van der Waals surface area contributed by atoms with Crippen LogP contribution in [0.15, 0.2) is 0 Å². The van der Waals surface area contributed by atoms with Crippen LogP contribution in [0.25, 0.3) is 0 Å². The Hall–Kier alpha value is -0.0800. The van der Waals surface area contributed by atoms with Gasteiger partial charge in [-0.1, -0.05) is 0 Å². The van der Waals surface area contributed by atoms with E-state index in [2.05, 4.69) is 24.2 Å². The molecule has 3 aliphatic rings. The van der Waals surface area contributed by atoms with Gasteiger partial charge in [0.25, 0.3) is 0 Å². The Kier molecular flexibility index (Phi) is 1.90. The molecule has 2 unspecified atom stereocenters. The van der Waals surface area contributed by atoms with Crippen LogP contribution in [0.2, 0.25) is 0 Å².